The number of alkyl halides is 3. The van der Waals surface area contributed by atoms with Crippen LogP contribution in [0, 0.1) is 0 Å². The molecule has 0 radical (unpaired) electrons. The normalized spacial score (nSPS) is 16.3. The van der Waals surface area contributed by atoms with E-state index in [4.69, 9.17) is 9.47 Å². The third kappa shape index (κ3) is 5.02. The van der Waals surface area contributed by atoms with Gasteiger partial charge in [-0.3, -0.25) is 4.79 Å². The van der Waals surface area contributed by atoms with E-state index >= 15 is 0 Å². The third-order valence-corrected chi connectivity index (χ3v) is 5.54. The van der Waals surface area contributed by atoms with Crippen molar-refractivity contribution in [1.82, 2.24) is 5.32 Å². The molecule has 162 valence electrons. The Morgan fingerprint density at radius 2 is 1.80 bits per heavy atom. The highest BCUT2D eigenvalue weighted by atomic mass is 19.4. The standard InChI is InChI=1S/C23H26F3NO3/c1-2-29-16-18-7-4-3-6-17(18)15-27-21(28)22(10-12-30-13-11-22)19-8-5-9-20(14-19)23(24,25)26/h3-9,14H,2,10-13,15-16H2,1H3,(H,27,28). The Labute approximate surface area is 174 Å². The summed E-state index contributed by atoms with van der Waals surface area (Å²) in [6, 6.07) is 12.7. The lowest BCUT2D eigenvalue weighted by Crippen LogP contribution is -2.48. The minimum atomic E-state index is -4.46. The van der Waals surface area contributed by atoms with Gasteiger partial charge in [-0.05, 0) is 42.5 Å². The Bertz CT molecular complexity index is 861. The Kier molecular flexibility index (Phi) is 7.15. The second kappa shape index (κ2) is 9.62. The Balaban J connectivity index is 1.84. The number of carbonyl (C=O) groups excluding carboxylic acids is 1. The fourth-order valence-electron chi connectivity index (χ4n) is 3.79. The highest BCUT2D eigenvalue weighted by molar-refractivity contribution is 5.88. The molecule has 1 amide bonds. The lowest BCUT2D eigenvalue weighted by molar-refractivity contribution is -0.138. The average Bonchev–Trinajstić information content (AvgIpc) is 2.76. The van der Waals surface area contributed by atoms with E-state index in [2.05, 4.69) is 5.32 Å². The molecule has 2 aromatic carbocycles. The van der Waals surface area contributed by atoms with Crippen molar-refractivity contribution < 1.29 is 27.4 Å². The van der Waals surface area contributed by atoms with Gasteiger partial charge in [-0.2, -0.15) is 13.2 Å². The maximum Gasteiger partial charge on any atom is 0.416 e. The number of halogens is 3. The number of hydrogen-bond donors (Lipinski definition) is 1. The first-order chi connectivity index (χ1) is 14.4. The highest BCUT2D eigenvalue weighted by Crippen LogP contribution is 2.38. The molecular weight excluding hydrogens is 395 g/mol. The Morgan fingerprint density at radius 1 is 1.10 bits per heavy atom. The van der Waals surface area contributed by atoms with Crippen molar-refractivity contribution in [3.8, 4) is 0 Å². The van der Waals surface area contributed by atoms with Crippen LogP contribution in [0.1, 0.15) is 42.0 Å². The van der Waals surface area contributed by atoms with Gasteiger partial charge in [-0.15, -0.1) is 0 Å². The van der Waals surface area contributed by atoms with Gasteiger partial charge >= 0.3 is 6.18 Å². The molecule has 0 unspecified atom stereocenters. The summed E-state index contributed by atoms with van der Waals surface area (Å²) in [5, 5.41) is 2.95. The molecule has 0 atom stereocenters. The fourth-order valence-corrected chi connectivity index (χ4v) is 3.79. The summed E-state index contributed by atoms with van der Waals surface area (Å²) in [7, 11) is 0. The molecule has 0 spiro atoms. The number of carbonyl (C=O) groups is 1. The molecule has 1 heterocycles. The van der Waals surface area contributed by atoms with Crippen LogP contribution < -0.4 is 5.32 Å². The summed E-state index contributed by atoms with van der Waals surface area (Å²) in [4.78, 5) is 13.3. The van der Waals surface area contributed by atoms with Crippen LogP contribution in [-0.4, -0.2) is 25.7 Å². The monoisotopic (exact) mass is 421 g/mol. The quantitative estimate of drug-likeness (QED) is 0.711. The molecule has 1 aliphatic heterocycles. The van der Waals surface area contributed by atoms with Gasteiger partial charge in [0, 0.05) is 26.4 Å². The summed E-state index contributed by atoms with van der Waals surface area (Å²) in [5.74, 6) is -0.281. The first-order valence-corrected chi connectivity index (χ1v) is 10.0. The second-order valence-corrected chi connectivity index (χ2v) is 7.36. The summed E-state index contributed by atoms with van der Waals surface area (Å²) in [6.45, 7) is 3.86. The zero-order valence-corrected chi connectivity index (χ0v) is 16.9. The number of hydrogen-bond acceptors (Lipinski definition) is 3. The molecule has 30 heavy (non-hydrogen) atoms. The highest BCUT2D eigenvalue weighted by Gasteiger charge is 2.43. The van der Waals surface area contributed by atoms with Crippen molar-refractivity contribution in [2.24, 2.45) is 0 Å². The van der Waals surface area contributed by atoms with Crippen molar-refractivity contribution in [3.63, 3.8) is 0 Å². The van der Waals surface area contributed by atoms with Gasteiger partial charge in [-0.25, -0.2) is 0 Å². The van der Waals surface area contributed by atoms with E-state index in [1.54, 1.807) is 6.07 Å². The van der Waals surface area contributed by atoms with E-state index in [0.717, 1.165) is 23.3 Å². The fraction of sp³-hybridized carbons (Fsp3) is 0.435. The van der Waals surface area contributed by atoms with Crippen LogP contribution in [0.15, 0.2) is 48.5 Å². The van der Waals surface area contributed by atoms with E-state index in [0.29, 0.717) is 44.8 Å². The molecule has 7 heteroatoms. The van der Waals surface area contributed by atoms with Crippen LogP contribution in [0.2, 0.25) is 0 Å². The van der Waals surface area contributed by atoms with Gasteiger partial charge in [0.05, 0.1) is 17.6 Å². The molecule has 0 saturated carbocycles. The van der Waals surface area contributed by atoms with Crippen LogP contribution in [-0.2, 0) is 39.0 Å². The molecule has 1 aliphatic rings. The second-order valence-electron chi connectivity index (χ2n) is 7.36. The van der Waals surface area contributed by atoms with Gasteiger partial charge in [-0.1, -0.05) is 42.5 Å². The van der Waals surface area contributed by atoms with Gasteiger partial charge < -0.3 is 14.8 Å². The topological polar surface area (TPSA) is 47.6 Å². The number of ether oxygens (including phenoxy) is 2. The molecule has 4 nitrogen and oxygen atoms in total. The lowest BCUT2D eigenvalue weighted by atomic mass is 9.73. The van der Waals surface area contributed by atoms with E-state index in [9.17, 15) is 18.0 Å². The molecular formula is C23H26F3NO3. The Hall–Kier alpha value is -2.38. The van der Waals surface area contributed by atoms with Crippen LogP contribution in [0.5, 0.6) is 0 Å². The summed E-state index contributed by atoms with van der Waals surface area (Å²) in [5.41, 5.74) is 0.473. The van der Waals surface area contributed by atoms with E-state index in [-0.39, 0.29) is 12.5 Å². The number of nitrogens with one attached hydrogen (secondary N) is 1. The minimum Gasteiger partial charge on any atom is -0.381 e. The molecule has 0 aliphatic carbocycles. The van der Waals surface area contributed by atoms with Crippen molar-refractivity contribution in [1.29, 1.82) is 0 Å². The first-order valence-electron chi connectivity index (χ1n) is 10.0. The molecule has 1 saturated heterocycles. The maximum atomic E-state index is 13.3. The molecule has 0 aromatic heterocycles. The van der Waals surface area contributed by atoms with Crippen molar-refractivity contribution >= 4 is 5.91 Å². The predicted molar refractivity (Wildman–Crippen MR) is 107 cm³/mol. The van der Waals surface area contributed by atoms with Gasteiger partial charge in [0.1, 0.15) is 0 Å². The third-order valence-electron chi connectivity index (χ3n) is 5.54. The zero-order chi connectivity index (χ0) is 21.6. The lowest BCUT2D eigenvalue weighted by Gasteiger charge is -2.36. The zero-order valence-electron chi connectivity index (χ0n) is 16.9. The molecule has 1 N–H and O–H groups in total. The van der Waals surface area contributed by atoms with Gasteiger partial charge in [0.2, 0.25) is 5.91 Å². The van der Waals surface area contributed by atoms with Gasteiger partial charge in [0.15, 0.2) is 0 Å². The van der Waals surface area contributed by atoms with Crippen LogP contribution in [0.4, 0.5) is 13.2 Å². The first kappa shape index (κ1) is 22.3. The molecule has 1 fully saturated rings. The number of benzene rings is 2. The van der Waals surface area contributed by atoms with Crippen LogP contribution in [0.3, 0.4) is 0 Å². The maximum absolute atomic E-state index is 13.3. The molecule has 0 bridgehead atoms. The number of amides is 1. The smallest absolute Gasteiger partial charge is 0.381 e. The van der Waals surface area contributed by atoms with Crippen molar-refractivity contribution in [3.05, 3.63) is 70.8 Å². The Morgan fingerprint density at radius 3 is 2.47 bits per heavy atom. The van der Waals surface area contributed by atoms with Crippen molar-refractivity contribution in [2.45, 2.75) is 44.5 Å². The SMILES string of the molecule is CCOCc1ccccc1CNC(=O)C1(c2cccc(C(F)(F)F)c2)CCOCC1. The van der Waals surface area contributed by atoms with Crippen LogP contribution in [0.25, 0.3) is 0 Å². The van der Waals surface area contributed by atoms with E-state index in [1.807, 2.05) is 31.2 Å². The summed E-state index contributed by atoms with van der Waals surface area (Å²) >= 11 is 0. The summed E-state index contributed by atoms with van der Waals surface area (Å²) in [6.07, 6.45) is -3.79. The molecule has 3 rings (SSSR count). The van der Waals surface area contributed by atoms with Crippen molar-refractivity contribution in [2.75, 3.05) is 19.8 Å². The predicted octanol–water partition coefficient (Wildman–Crippen LogP) is 4.61. The number of rotatable bonds is 7. The minimum absolute atomic E-state index is 0.281. The summed E-state index contributed by atoms with van der Waals surface area (Å²) < 4.78 is 50.6. The van der Waals surface area contributed by atoms with Crippen LogP contribution >= 0.6 is 0 Å². The van der Waals surface area contributed by atoms with E-state index in [1.165, 1.54) is 6.07 Å². The van der Waals surface area contributed by atoms with E-state index < -0.39 is 17.2 Å². The van der Waals surface area contributed by atoms with Gasteiger partial charge in [0.25, 0.3) is 0 Å². The largest absolute Gasteiger partial charge is 0.416 e. The average molecular weight is 421 g/mol. The molecule has 2 aromatic rings.